The second-order valence-corrected chi connectivity index (χ2v) is 7.54. The molecule has 2 atom stereocenters. The van der Waals surface area contributed by atoms with Crippen LogP contribution >= 0.6 is 0 Å². The third-order valence-corrected chi connectivity index (χ3v) is 5.15. The minimum atomic E-state index is -0.0774. The molecular formula is C20H28N2O2. The Labute approximate surface area is 144 Å². The average molecular weight is 328 g/mol. The first-order valence-corrected chi connectivity index (χ1v) is 9.20. The summed E-state index contributed by atoms with van der Waals surface area (Å²) in [6.45, 7) is 5.65. The van der Waals surface area contributed by atoms with Crippen molar-refractivity contribution in [1.29, 1.82) is 0 Å². The Morgan fingerprint density at radius 1 is 1.08 bits per heavy atom. The molecule has 2 fully saturated rings. The van der Waals surface area contributed by atoms with Crippen LogP contribution in [-0.4, -0.2) is 29.8 Å². The van der Waals surface area contributed by atoms with E-state index in [0.717, 1.165) is 37.8 Å². The zero-order valence-electron chi connectivity index (χ0n) is 14.7. The highest BCUT2D eigenvalue weighted by atomic mass is 16.2. The first-order chi connectivity index (χ1) is 11.6. The lowest BCUT2D eigenvalue weighted by molar-refractivity contribution is -0.137. The molecule has 1 aromatic carbocycles. The summed E-state index contributed by atoms with van der Waals surface area (Å²) in [6.07, 6.45) is 3.85. The van der Waals surface area contributed by atoms with Crippen molar-refractivity contribution in [3.05, 3.63) is 35.9 Å². The Morgan fingerprint density at radius 3 is 2.42 bits per heavy atom. The van der Waals surface area contributed by atoms with Gasteiger partial charge in [0.1, 0.15) is 0 Å². The second kappa shape index (κ2) is 7.37. The second-order valence-electron chi connectivity index (χ2n) is 7.54. The molecule has 0 radical (unpaired) electrons. The molecule has 1 saturated carbocycles. The van der Waals surface area contributed by atoms with E-state index in [-0.39, 0.29) is 29.7 Å². The van der Waals surface area contributed by atoms with E-state index in [1.807, 2.05) is 23.1 Å². The first kappa shape index (κ1) is 17.0. The maximum Gasteiger partial charge on any atom is 0.225 e. The molecule has 0 unspecified atom stereocenters. The molecule has 1 aliphatic heterocycles. The molecule has 2 amide bonds. The van der Waals surface area contributed by atoms with Gasteiger partial charge in [-0.15, -0.1) is 0 Å². The molecule has 1 aliphatic carbocycles. The van der Waals surface area contributed by atoms with Crippen LogP contribution in [0.1, 0.15) is 51.1 Å². The monoisotopic (exact) mass is 328 g/mol. The number of hydrogen-bond donors (Lipinski definition) is 1. The lowest BCUT2D eigenvalue weighted by Crippen LogP contribution is -2.47. The molecule has 4 heteroatoms. The number of likely N-dealkylation sites (tertiary alicyclic amines) is 1. The van der Waals surface area contributed by atoms with Gasteiger partial charge in [0.2, 0.25) is 11.8 Å². The van der Waals surface area contributed by atoms with Gasteiger partial charge in [0.15, 0.2) is 0 Å². The van der Waals surface area contributed by atoms with Crippen LogP contribution in [0.5, 0.6) is 0 Å². The van der Waals surface area contributed by atoms with Crippen LogP contribution in [0.4, 0.5) is 0 Å². The molecule has 0 spiro atoms. The van der Waals surface area contributed by atoms with Crippen LogP contribution in [-0.2, 0) is 9.59 Å². The van der Waals surface area contributed by atoms with Crippen molar-refractivity contribution in [2.24, 2.45) is 17.8 Å². The fourth-order valence-corrected chi connectivity index (χ4v) is 3.55. The molecule has 130 valence electrons. The molecule has 1 saturated heterocycles. The highest BCUT2D eigenvalue weighted by Gasteiger charge is 2.37. The van der Waals surface area contributed by atoms with Gasteiger partial charge < -0.3 is 10.2 Å². The molecule has 0 aromatic heterocycles. The maximum absolute atomic E-state index is 12.8. The highest BCUT2D eigenvalue weighted by Crippen LogP contribution is 2.32. The third kappa shape index (κ3) is 3.97. The number of nitrogens with one attached hydrogen (secondary N) is 1. The predicted octanol–water partition coefficient (Wildman–Crippen LogP) is 3.15. The smallest absolute Gasteiger partial charge is 0.225 e. The van der Waals surface area contributed by atoms with E-state index in [0.29, 0.717) is 12.5 Å². The maximum atomic E-state index is 12.8. The Morgan fingerprint density at radius 2 is 1.79 bits per heavy atom. The number of rotatable bonds is 5. The summed E-state index contributed by atoms with van der Waals surface area (Å²) in [4.78, 5) is 27.0. The minimum Gasteiger partial charge on any atom is -0.349 e. The Bertz CT molecular complexity index is 581. The fraction of sp³-hybridized carbons (Fsp3) is 0.600. The van der Waals surface area contributed by atoms with E-state index >= 15 is 0 Å². The molecule has 1 aromatic rings. The number of benzene rings is 1. The van der Waals surface area contributed by atoms with E-state index in [1.54, 1.807) is 0 Å². The van der Waals surface area contributed by atoms with Crippen molar-refractivity contribution < 1.29 is 9.59 Å². The first-order valence-electron chi connectivity index (χ1n) is 9.20. The summed E-state index contributed by atoms with van der Waals surface area (Å²) in [5.41, 5.74) is 1.14. The minimum absolute atomic E-state index is 0.0215. The van der Waals surface area contributed by atoms with Gasteiger partial charge in [-0.3, -0.25) is 9.59 Å². The summed E-state index contributed by atoms with van der Waals surface area (Å²) in [5, 5.41) is 3.23. The predicted molar refractivity (Wildman–Crippen MR) is 94.2 cm³/mol. The molecule has 3 rings (SSSR count). The standard InChI is InChI=1S/C20H28N2O2/c1-14(2)18(15-7-4-3-5-8-15)21-19(23)17-9-6-12-22(13-17)20(24)16-10-11-16/h3-5,7-8,14,16-18H,6,9-13H2,1-2H3,(H,21,23)/t17-,18+/m0/s1. The van der Waals surface area contributed by atoms with Crippen LogP contribution in [0, 0.1) is 17.8 Å². The van der Waals surface area contributed by atoms with Crippen LogP contribution < -0.4 is 5.32 Å². The zero-order chi connectivity index (χ0) is 17.1. The Kier molecular flexibility index (Phi) is 5.22. The van der Waals surface area contributed by atoms with Gasteiger partial charge in [-0.2, -0.15) is 0 Å². The van der Waals surface area contributed by atoms with E-state index in [9.17, 15) is 9.59 Å². The topological polar surface area (TPSA) is 49.4 Å². The van der Waals surface area contributed by atoms with Gasteiger partial charge in [0.05, 0.1) is 12.0 Å². The number of amides is 2. The van der Waals surface area contributed by atoms with Gasteiger partial charge in [-0.05, 0) is 37.2 Å². The quantitative estimate of drug-likeness (QED) is 0.903. The van der Waals surface area contributed by atoms with Gasteiger partial charge in [-0.25, -0.2) is 0 Å². The number of nitrogens with zero attached hydrogens (tertiary/aromatic N) is 1. The van der Waals surface area contributed by atoms with Gasteiger partial charge in [0, 0.05) is 19.0 Å². The number of hydrogen-bond acceptors (Lipinski definition) is 2. The largest absolute Gasteiger partial charge is 0.349 e. The SMILES string of the molecule is CC(C)[C@@H](NC(=O)[C@H]1CCCN(C(=O)C2CC2)C1)c1ccccc1. The lowest BCUT2D eigenvalue weighted by atomic mass is 9.92. The summed E-state index contributed by atoms with van der Waals surface area (Å²) < 4.78 is 0. The molecule has 4 nitrogen and oxygen atoms in total. The molecule has 2 aliphatic rings. The number of carbonyl (C=O) groups excluding carboxylic acids is 2. The van der Waals surface area contributed by atoms with Crippen molar-refractivity contribution >= 4 is 11.8 Å². The molecule has 1 heterocycles. The van der Waals surface area contributed by atoms with E-state index in [1.165, 1.54) is 0 Å². The van der Waals surface area contributed by atoms with E-state index in [2.05, 4.69) is 31.3 Å². The molecule has 0 bridgehead atoms. The van der Waals surface area contributed by atoms with Crippen molar-refractivity contribution in [3.8, 4) is 0 Å². The fourth-order valence-electron chi connectivity index (χ4n) is 3.55. The molecular weight excluding hydrogens is 300 g/mol. The van der Waals surface area contributed by atoms with E-state index < -0.39 is 0 Å². The van der Waals surface area contributed by atoms with Crippen LogP contribution in [0.2, 0.25) is 0 Å². The highest BCUT2D eigenvalue weighted by molar-refractivity contribution is 5.83. The van der Waals surface area contributed by atoms with Gasteiger partial charge in [-0.1, -0.05) is 44.2 Å². The van der Waals surface area contributed by atoms with Gasteiger partial charge in [0.25, 0.3) is 0 Å². The van der Waals surface area contributed by atoms with Crippen LogP contribution in [0.3, 0.4) is 0 Å². The Balaban J connectivity index is 1.63. The third-order valence-electron chi connectivity index (χ3n) is 5.15. The van der Waals surface area contributed by atoms with Crippen molar-refractivity contribution in [3.63, 3.8) is 0 Å². The normalized spacial score (nSPS) is 22.3. The average Bonchev–Trinajstić information content (AvgIpc) is 3.44. The van der Waals surface area contributed by atoms with Crippen LogP contribution in [0.25, 0.3) is 0 Å². The summed E-state index contributed by atoms with van der Waals surface area (Å²) in [6, 6.07) is 10.2. The summed E-state index contributed by atoms with van der Waals surface area (Å²) >= 11 is 0. The Hall–Kier alpha value is -1.84. The molecule has 24 heavy (non-hydrogen) atoms. The zero-order valence-corrected chi connectivity index (χ0v) is 14.7. The van der Waals surface area contributed by atoms with Gasteiger partial charge >= 0.3 is 0 Å². The van der Waals surface area contributed by atoms with Crippen molar-refractivity contribution in [2.75, 3.05) is 13.1 Å². The number of carbonyl (C=O) groups is 2. The van der Waals surface area contributed by atoms with Crippen molar-refractivity contribution in [1.82, 2.24) is 10.2 Å². The summed E-state index contributed by atoms with van der Waals surface area (Å²) in [5.74, 6) is 0.830. The van der Waals surface area contributed by atoms with Crippen molar-refractivity contribution in [2.45, 2.75) is 45.6 Å². The lowest BCUT2D eigenvalue weighted by Gasteiger charge is -2.33. The number of piperidine rings is 1. The van der Waals surface area contributed by atoms with E-state index in [4.69, 9.17) is 0 Å². The molecule has 1 N–H and O–H groups in total. The summed E-state index contributed by atoms with van der Waals surface area (Å²) in [7, 11) is 0. The van der Waals surface area contributed by atoms with Crippen LogP contribution in [0.15, 0.2) is 30.3 Å².